The lowest BCUT2D eigenvalue weighted by Gasteiger charge is -2.30. The summed E-state index contributed by atoms with van der Waals surface area (Å²) in [6.45, 7) is 10.1. The second kappa shape index (κ2) is 17.3. The third-order valence-electron chi connectivity index (χ3n) is 13.2. The monoisotopic (exact) mass is 924 g/mol. The molecule has 0 unspecified atom stereocenters. The topological polar surface area (TPSA) is 178 Å². The van der Waals surface area contributed by atoms with Crippen LogP contribution in [0.1, 0.15) is 110 Å². The van der Waals surface area contributed by atoms with Crippen molar-refractivity contribution in [1.82, 2.24) is 34.5 Å². The molecule has 2 aliphatic carbocycles. The molecule has 0 bridgehead atoms. The van der Waals surface area contributed by atoms with Gasteiger partial charge in [0.2, 0.25) is 21.8 Å². The Hall–Kier alpha value is -5.13. The molecule has 2 aliphatic heterocycles. The number of carbonyl (C=O) groups excluding carboxylic acids is 3. The van der Waals surface area contributed by atoms with Gasteiger partial charge < -0.3 is 20.3 Å². The number of imidazole rings is 1. The first-order chi connectivity index (χ1) is 30.7. The summed E-state index contributed by atoms with van der Waals surface area (Å²) in [5.41, 5.74) is 3.81. The smallest absolute Gasteiger partial charge is 0.297 e. The molecule has 0 spiro atoms. The van der Waals surface area contributed by atoms with Crippen molar-refractivity contribution in [2.24, 2.45) is 5.92 Å². The van der Waals surface area contributed by atoms with Crippen LogP contribution in [0.2, 0.25) is 0 Å². The van der Waals surface area contributed by atoms with E-state index >= 15 is 4.79 Å². The molecule has 5 heterocycles. The minimum atomic E-state index is -3.98. The molecule has 3 fully saturated rings. The lowest BCUT2D eigenvalue weighted by atomic mass is 10.1. The number of nitrogens with one attached hydrogen (secondary N) is 3. The summed E-state index contributed by atoms with van der Waals surface area (Å²) < 4.78 is 36.8. The van der Waals surface area contributed by atoms with Crippen LogP contribution in [0.15, 0.2) is 71.4 Å². The third kappa shape index (κ3) is 8.58. The maximum atomic E-state index is 15.1. The predicted molar refractivity (Wildman–Crippen MR) is 251 cm³/mol. The molecule has 1 saturated heterocycles. The van der Waals surface area contributed by atoms with Crippen LogP contribution in [0.25, 0.3) is 32.9 Å². The predicted octanol–water partition coefficient (Wildman–Crippen LogP) is 8.21. The number of allylic oxidation sites excluding steroid dienone is 1. The van der Waals surface area contributed by atoms with Crippen molar-refractivity contribution < 1.29 is 27.5 Å². The minimum absolute atomic E-state index is 0.0466. The van der Waals surface area contributed by atoms with E-state index in [1.807, 2.05) is 70.6 Å². The van der Waals surface area contributed by atoms with E-state index in [0.29, 0.717) is 30.4 Å². The Bertz CT molecular complexity index is 2700. The van der Waals surface area contributed by atoms with Crippen LogP contribution in [0, 0.1) is 5.92 Å². The van der Waals surface area contributed by atoms with E-state index in [1.54, 1.807) is 23.2 Å². The Balaban J connectivity index is 1.05. The van der Waals surface area contributed by atoms with Crippen molar-refractivity contribution in [2.45, 2.75) is 133 Å². The highest BCUT2D eigenvalue weighted by Crippen LogP contribution is 2.48. The Morgan fingerprint density at radius 2 is 1.77 bits per heavy atom. The summed E-state index contributed by atoms with van der Waals surface area (Å²) in [6.07, 6.45) is 8.28. The second-order valence-electron chi connectivity index (χ2n) is 18.6. The SMILES string of the molecule is CC(C)c1csc(-c2cccc3c2nc(O[C@@H]2C[C@H]4C(=O)N[C@]5(C(=O)NS(=O)(=O)C6(C)CC6)C[C@H]5/C=C\CCCCC[C@H](Nc5nc(-c6ccccc6)cs5)C(=O)N4C2)n3C(C)C)n1. The maximum absolute atomic E-state index is 15.1. The number of nitrogens with zero attached hydrogens (tertiary/aromatic N) is 5. The maximum Gasteiger partial charge on any atom is 0.297 e. The number of rotatable bonds is 11. The summed E-state index contributed by atoms with van der Waals surface area (Å²) in [4.78, 5) is 60.4. The van der Waals surface area contributed by atoms with Gasteiger partial charge in [-0.3, -0.25) is 23.7 Å². The van der Waals surface area contributed by atoms with Gasteiger partial charge in [0.25, 0.3) is 11.9 Å². The summed E-state index contributed by atoms with van der Waals surface area (Å²) in [5, 5.41) is 11.9. The molecule has 9 rings (SSSR count). The van der Waals surface area contributed by atoms with E-state index in [0.717, 1.165) is 64.2 Å². The third-order valence-corrected chi connectivity index (χ3v) is 17.0. The summed E-state index contributed by atoms with van der Waals surface area (Å²) >= 11 is 3.00. The zero-order valence-electron chi connectivity index (χ0n) is 36.9. The van der Waals surface area contributed by atoms with Crippen LogP contribution in [-0.2, 0) is 24.4 Å². The molecule has 4 aliphatic rings. The summed E-state index contributed by atoms with van der Waals surface area (Å²) in [6, 6.07) is 14.5. The highest BCUT2D eigenvalue weighted by molar-refractivity contribution is 7.91. The van der Waals surface area contributed by atoms with E-state index in [9.17, 15) is 18.0 Å². The van der Waals surface area contributed by atoms with Gasteiger partial charge in [-0.25, -0.2) is 18.4 Å². The fourth-order valence-electron chi connectivity index (χ4n) is 8.85. The van der Waals surface area contributed by atoms with Crippen LogP contribution in [0.3, 0.4) is 0 Å². The summed E-state index contributed by atoms with van der Waals surface area (Å²) in [5.74, 6) is -1.71. The molecule has 3 N–H and O–H groups in total. The van der Waals surface area contributed by atoms with Crippen LogP contribution in [0.4, 0.5) is 5.13 Å². The fourth-order valence-corrected chi connectivity index (χ4v) is 11.9. The molecule has 0 radical (unpaired) electrons. The minimum Gasteiger partial charge on any atom is -0.459 e. The van der Waals surface area contributed by atoms with Crippen molar-refractivity contribution in [2.75, 3.05) is 11.9 Å². The largest absolute Gasteiger partial charge is 0.459 e. The molecule has 2 aromatic carbocycles. The molecule has 14 nitrogen and oxygen atoms in total. The number of anilines is 1. The van der Waals surface area contributed by atoms with Crippen molar-refractivity contribution in [3.05, 3.63) is 77.1 Å². The Kier molecular flexibility index (Phi) is 12.0. The van der Waals surface area contributed by atoms with E-state index in [1.165, 1.54) is 11.3 Å². The molecule has 17 heteroatoms. The zero-order valence-corrected chi connectivity index (χ0v) is 39.3. The van der Waals surface area contributed by atoms with Crippen molar-refractivity contribution in [3.8, 4) is 27.8 Å². The summed E-state index contributed by atoms with van der Waals surface area (Å²) in [7, 11) is -3.98. The molecule has 3 aromatic heterocycles. The molecule has 5 atom stereocenters. The second-order valence-corrected chi connectivity index (χ2v) is 22.5. The highest BCUT2D eigenvalue weighted by Gasteiger charge is 2.63. The average molecular weight is 925 g/mol. The number of amides is 3. The first-order valence-electron chi connectivity index (χ1n) is 22.4. The number of para-hydroxylation sites is 1. The lowest BCUT2D eigenvalue weighted by molar-refractivity contribution is -0.140. The molecule has 3 amide bonds. The van der Waals surface area contributed by atoms with Gasteiger partial charge in [0.15, 0.2) is 5.13 Å². The Morgan fingerprint density at radius 3 is 2.50 bits per heavy atom. The van der Waals surface area contributed by atoms with Crippen molar-refractivity contribution in [1.29, 1.82) is 0 Å². The van der Waals surface area contributed by atoms with E-state index in [4.69, 9.17) is 19.7 Å². The zero-order chi connectivity index (χ0) is 45.0. The van der Waals surface area contributed by atoms with Crippen LogP contribution < -0.4 is 20.1 Å². The number of hydrogen-bond acceptors (Lipinski definition) is 12. The Morgan fingerprint density at radius 1 is 0.969 bits per heavy atom. The van der Waals surface area contributed by atoms with E-state index in [2.05, 4.69) is 48.4 Å². The van der Waals surface area contributed by atoms with E-state index < -0.39 is 56.2 Å². The number of hydrogen-bond donors (Lipinski definition) is 3. The van der Waals surface area contributed by atoms with Gasteiger partial charge in [-0.2, -0.15) is 4.98 Å². The number of sulfonamides is 1. The van der Waals surface area contributed by atoms with Gasteiger partial charge in [0.05, 0.1) is 28.2 Å². The lowest BCUT2D eigenvalue weighted by Crippen LogP contribution is -2.58. The molecule has 2 saturated carbocycles. The van der Waals surface area contributed by atoms with Crippen molar-refractivity contribution in [3.63, 3.8) is 0 Å². The number of benzene rings is 2. The molecule has 338 valence electrons. The number of carbonyl (C=O) groups is 3. The quantitative estimate of drug-likeness (QED) is 0.109. The molecule has 64 heavy (non-hydrogen) atoms. The van der Waals surface area contributed by atoms with Crippen molar-refractivity contribution >= 4 is 66.6 Å². The Labute approximate surface area is 382 Å². The van der Waals surface area contributed by atoms with Gasteiger partial charge in [-0.05, 0) is 77.3 Å². The molecule has 5 aromatic rings. The fraction of sp³-hybridized carbons (Fsp3) is 0.489. The van der Waals surface area contributed by atoms with Crippen LogP contribution in [-0.4, -0.2) is 85.6 Å². The first kappa shape index (κ1) is 44.1. The number of aromatic nitrogens is 4. The van der Waals surface area contributed by atoms with E-state index in [-0.39, 0.29) is 37.3 Å². The first-order valence-corrected chi connectivity index (χ1v) is 25.7. The number of ether oxygens (including phenoxy) is 1. The van der Waals surface area contributed by atoms with Gasteiger partial charge in [0.1, 0.15) is 34.3 Å². The number of fused-ring (bicyclic) bond motifs is 3. The average Bonchev–Trinajstić information content (AvgIpc) is 3.77. The van der Waals surface area contributed by atoms with Gasteiger partial charge in [0, 0.05) is 40.3 Å². The van der Waals surface area contributed by atoms with Gasteiger partial charge in [-0.1, -0.05) is 75.2 Å². The van der Waals surface area contributed by atoms with Gasteiger partial charge >= 0.3 is 0 Å². The standard InChI is InChI=1S/C47H56N8O6S3/c1-28(2)35-26-62-41(48-35)33-18-14-20-37-39(33)51-45(55(37)29(3)4)61-32-23-38-40(56)52-47(43(58)53-64(59,60)46(5)21-22-46)24-31(47)17-12-7-6-8-13-19-34(42(57)54(38)25-32)49-44-50-36(27-63-44)30-15-10-9-11-16-30/h9-12,14-18,20,26-29,31-32,34,38H,6-8,13,19,21-25H2,1-5H3,(H,49,50)(H,52,56)(H,53,58)/b17-12-/t31-,32-,34+,38+,47-/m1/s1. The molecular weight excluding hydrogens is 869 g/mol. The number of thiazole rings is 2. The van der Waals surface area contributed by atoms with Crippen LogP contribution in [0.5, 0.6) is 6.01 Å². The van der Waals surface area contributed by atoms with Crippen LogP contribution >= 0.6 is 22.7 Å². The van der Waals surface area contributed by atoms with Gasteiger partial charge in [-0.15, -0.1) is 22.7 Å². The molecular formula is C47H56N8O6S3. The highest BCUT2D eigenvalue weighted by atomic mass is 32.2. The normalized spacial score (nSPS) is 25.3.